The molecule has 2 heteroatoms. The number of nitrogens with zero attached hydrogens (tertiary/aromatic N) is 1. The number of nitrogens with one attached hydrogen (secondary N) is 1. The third-order valence-electron chi connectivity index (χ3n) is 2.13. The van der Waals surface area contributed by atoms with Gasteiger partial charge in [0.25, 0.3) is 0 Å². The Morgan fingerprint density at radius 1 is 1.38 bits per heavy atom. The highest BCUT2D eigenvalue weighted by Gasteiger charge is 2.04. The maximum absolute atomic E-state index is 4.22. The number of H-pyrrole nitrogens is 1. The minimum absolute atomic E-state index is 1.02. The van der Waals surface area contributed by atoms with Crippen LogP contribution in [0.25, 0.3) is 5.57 Å². The van der Waals surface area contributed by atoms with Gasteiger partial charge in [0.1, 0.15) is 0 Å². The molecule has 0 atom stereocenters. The molecule has 0 bridgehead atoms. The van der Waals surface area contributed by atoms with Crippen LogP contribution in [0.4, 0.5) is 0 Å². The van der Waals surface area contributed by atoms with E-state index in [-0.39, 0.29) is 0 Å². The molecule has 1 rings (SSSR count). The molecule has 13 heavy (non-hydrogen) atoms. The van der Waals surface area contributed by atoms with E-state index in [0.717, 1.165) is 11.4 Å². The van der Waals surface area contributed by atoms with E-state index in [9.17, 15) is 0 Å². The molecule has 0 radical (unpaired) electrons. The first-order valence-corrected chi connectivity index (χ1v) is 4.51. The van der Waals surface area contributed by atoms with Crippen molar-refractivity contribution >= 4 is 5.57 Å². The van der Waals surface area contributed by atoms with Crippen LogP contribution >= 0.6 is 0 Å². The lowest BCUT2D eigenvalue weighted by Gasteiger charge is -2.02. The molecule has 1 N–H and O–H groups in total. The highest BCUT2D eigenvalue weighted by atomic mass is 15.1. The highest BCUT2D eigenvalue weighted by molar-refractivity contribution is 5.76. The first kappa shape index (κ1) is 9.78. The van der Waals surface area contributed by atoms with Crippen molar-refractivity contribution in [2.24, 2.45) is 0 Å². The molecule has 0 aliphatic carbocycles. The number of aryl methyl sites for hydroxylation is 1. The third kappa shape index (κ3) is 2.08. The summed E-state index contributed by atoms with van der Waals surface area (Å²) < 4.78 is 0. The Morgan fingerprint density at radius 3 is 2.46 bits per heavy atom. The van der Waals surface area contributed by atoms with E-state index >= 15 is 0 Å². The van der Waals surface area contributed by atoms with Crippen LogP contribution in [0, 0.1) is 6.92 Å². The quantitative estimate of drug-likeness (QED) is 0.689. The van der Waals surface area contributed by atoms with Gasteiger partial charge in [-0.25, -0.2) is 0 Å². The summed E-state index contributed by atoms with van der Waals surface area (Å²) in [7, 11) is 0. The molecule has 0 unspecified atom stereocenters. The molecule has 2 nitrogen and oxygen atoms in total. The van der Waals surface area contributed by atoms with E-state index in [0.29, 0.717) is 0 Å². The summed E-state index contributed by atoms with van der Waals surface area (Å²) in [4.78, 5) is 0. The third-order valence-corrected chi connectivity index (χ3v) is 2.13. The number of aromatic nitrogens is 2. The predicted molar refractivity (Wildman–Crippen MR) is 56.4 cm³/mol. The van der Waals surface area contributed by atoms with E-state index in [1.807, 2.05) is 20.8 Å². The molecule has 70 valence electrons. The summed E-state index contributed by atoms with van der Waals surface area (Å²) in [6.45, 7) is 8.18. The number of allylic oxidation sites excluding steroid dienone is 4. The Kier molecular flexibility index (Phi) is 3.07. The van der Waals surface area contributed by atoms with Crippen LogP contribution in [-0.2, 0) is 0 Å². The van der Waals surface area contributed by atoms with Gasteiger partial charge in [0, 0.05) is 11.3 Å². The van der Waals surface area contributed by atoms with Crippen LogP contribution < -0.4 is 0 Å². The van der Waals surface area contributed by atoms with Crippen molar-refractivity contribution < 1.29 is 0 Å². The van der Waals surface area contributed by atoms with Gasteiger partial charge < -0.3 is 0 Å². The van der Waals surface area contributed by atoms with Gasteiger partial charge in [-0.1, -0.05) is 12.2 Å². The molecule has 0 aliphatic heterocycles. The topological polar surface area (TPSA) is 28.7 Å². The number of rotatable bonds is 2. The van der Waals surface area contributed by atoms with Gasteiger partial charge in [0.15, 0.2) is 0 Å². The van der Waals surface area contributed by atoms with Crippen LogP contribution in [0.5, 0.6) is 0 Å². The maximum atomic E-state index is 4.22. The summed E-state index contributed by atoms with van der Waals surface area (Å²) in [6, 6.07) is 2.06. The fourth-order valence-electron chi connectivity index (χ4n) is 1.29. The Labute approximate surface area is 79.4 Å². The van der Waals surface area contributed by atoms with Crippen molar-refractivity contribution in [2.75, 3.05) is 0 Å². The standard InChI is InChI=1S/C11H16N2/c1-5-8(3)10(6-2)11-7-9(4)12-13-11/h5-7H,1-4H3,(H,12,13)/b8-5-,10-6+. The van der Waals surface area contributed by atoms with E-state index in [4.69, 9.17) is 0 Å². The van der Waals surface area contributed by atoms with E-state index in [2.05, 4.69) is 35.3 Å². The van der Waals surface area contributed by atoms with Gasteiger partial charge in [0.05, 0.1) is 5.69 Å². The van der Waals surface area contributed by atoms with Gasteiger partial charge in [-0.05, 0) is 39.3 Å². The fourth-order valence-corrected chi connectivity index (χ4v) is 1.29. The molecular weight excluding hydrogens is 160 g/mol. The van der Waals surface area contributed by atoms with Crippen molar-refractivity contribution in [1.29, 1.82) is 0 Å². The van der Waals surface area contributed by atoms with Crippen molar-refractivity contribution in [1.82, 2.24) is 10.2 Å². The molecule has 1 aromatic heterocycles. The summed E-state index contributed by atoms with van der Waals surface area (Å²) in [5.74, 6) is 0. The number of aromatic amines is 1. The monoisotopic (exact) mass is 176 g/mol. The van der Waals surface area contributed by atoms with Crippen LogP contribution in [0.1, 0.15) is 32.2 Å². The normalized spacial score (nSPS) is 13.5. The Morgan fingerprint density at radius 2 is 2.08 bits per heavy atom. The molecule has 0 amide bonds. The maximum Gasteiger partial charge on any atom is 0.0922 e. The van der Waals surface area contributed by atoms with Gasteiger partial charge >= 0.3 is 0 Å². The summed E-state index contributed by atoms with van der Waals surface area (Å²) in [5.41, 5.74) is 4.58. The smallest absolute Gasteiger partial charge is 0.0922 e. The highest BCUT2D eigenvalue weighted by Crippen LogP contribution is 2.20. The summed E-state index contributed by atoms with van der Waals surface area (Å²) >= 11 is 0. The number of hydrogen-bond donors (Lipinski definition) is 1. The lowest BCUT2D eigenvalue weighted by molar-refractivity contribution is 1.03. The summed E-state index contributed by atoms with van der Waals surface area (Å²) in [5, 5.41) is 7.17. The minimum Gasteiger partial charge on any atom is -0.282 e. The molecule has 0 fully saturated rings. The lowest BCUT2D eigenvalue weighted by atomic mass is 10.0. The second kappa shape index (κ2) is 4.08. The fraction of sp³-hybridized carbons (Fsp3) is 0.364. The van der Waals surface area contributed by atoms with Crippen LogP contribution in [0.15, 0.2) is 23.8 Å². The lowest BCUT2D eigenvalue weighted by Crippen LogP contribution is -1.86. The Hall–Kier alpha value is -1.31. The second-order valence-electron chi connectivity index (χ2n) is 3.11. The molecule has 0 aliphatic rings. The molecule has 0 saturated heterocycles. The molecule has 1 aromatic rings. The van der Waals surface area contributed by atoms with Gasteiger partial charge in [-0.15, -0.1) is 0 Å². The van der Waals surface area contributed by atoms with Gasteiger partial charge in [-0.2, -0.15) is 5.10 Å². The van der Waals surface area contributed by atoms with E-state index in [1.165, 1.54) is 11.1 Å². The van der Waals surface area contributed by atoms with Gasteiger partial charge in [0.2, 0.25) is 0 Å². The molecule has 0 spiro atoms. The summed E-state index contributed by atoms with van der Waals surface area (Å²) in [6.07, 6.45) is 4.18. The van der Waals surface area contributed by atoms with E-state index < -0.39 is 0 Å². The molecular formula is C11H16N2. The molecule has 0 aromatic carbocycles. The Bertz CT molecular complexity index is 343. The average Bonchev–Trinajstić information content (AvgIpc) is 2.53. The van der Waals surface area contributed by atoms with Gasteiger partial charge in [-0.3, -0.25) is 5.10 Å². The van der Waals surface area contributed by atoms with Crippen molar-refractivity contribution in [3.8, 4) is 0 Å². The predicted octanol–water partition coefficient (Wildman–Crippen LogP) is 3.09. The Balaban J connectivity index is 3.06. The molecule has 1 heterocycles. The zero-order valence-corrected chi connectivity index (χ0v) is 8.68. The van der Waals surface area contributed by atoms with Crippen LogP contribution in [0.2, 0.25) is 0 Å². The van der Waals surface area contributed by atoms with Crippen LogP contribution in [-0.4, -0.2) is 10.2 Å². The zero-order valence-electron chi connectivity index (χ0n) is 8.68. The first-order valence-electron chi connectivity index (χ1n) is 4.51. The number of hydrogen-bond acceptors (Lipinski definition) is 1. The SMILES string of the molecule is C/C=C(C)\C(=C/C)c1cc(C)[nH]n1. The van der Waals surface area contributed by atoms with E-state index in [1.54, 1.807) is 0 Å². The zero-order chi connectivity index (χ0) is 9.84. The van der Waals surface area contributed by atoms with Crippen molar-refractivity contribution in [2.45, 2.75) is 27.7 Å². The van der Waals surface area contributed by atoms with Crippen molar-refractivity contribution in [3.63, 3.8) is 0 Å². The molecule has 0 saturated carbocycles. The average molecular weight is 176 g/mol. The minimum atomic E-state index is 1.02. The largest absolute Gasteiger partial charge is 0.282 e. The second-order valence-corrected chi connectivity index (χ2v) is 3.11. The van der Waals surface area contributed by atoms with Crippen LogP contribution in [0.3, 0.4) is 0 Å². The van der Waals surface area contributed by atoms with Crippen molar-refractivity contribution in [3.05, 3.63) is 35.2 Å². The first-order chi connectivity index (χ1) is 6.19.